The molecule has 2 rings (SSSR count). The minimum absolute atomic E-state index is 0.720. The summed E-state index contributed by atoms with van der Waals surface area (Å²) in [6.07, 6.45) is 1.59. The zero-order valence-electron chi connectivity index (χ0n) is 8.02. The zero-order valence-corrected chi connectivity index (χ0v) is 8.02. The molecule has 4 nitrogen and oxygen atoms in total. The first-order valence-corrected chi connectivity index (χ1v) is 4.18. The van der Waals surface area contributed by atoms with E-state index < -0.39 is 0 Å². The average molecular weight is 190 g/mol. The van der Waals surface area contributed by atoms with Gasteiger partial charge in [0.05, 0.1) is 20.4 Å². The third-order valence-electron chi connectivity index (χ3n) is 2.03. The molecule has 0 unspecified atom stereocenters. The molecule has 0 saturated heterocycles. The maximum Gasteiger partial charge on any atom is 0.148 e. The maximum atomic E-state index is 5.16. The summed E-state index contributed by atoms with van der Waals surface area (Å²) in [6.45, 7) is 0. The molecule has 14 heavy (non-hydrogen) atoms. The highest BCUT2D eigenvalue weighted by atomic mass is 16.5. The Labute approximate surface area is 81.5 Å². The van der Waals surface area contributed by atoms with Crippen molar-refractivity contribution in [1.82, 2.24) is 10.2 Å². The van der Waals surface area contributed by atoms with Crippen LogP contribution in [0.4, 0.5) is 0 Å². The van der Waals surface area contributed by atoms with E-state index in [2.05, 4.69) is 10.2 Å². The Morgan fingerprint density at radius 1 is 1.14 bits per heavy atom. The molecule has 0 aliphatic rings. The van der Waals surface area contributed by atoms with Crippen LogP contribution in [0.15, 0.2) is 24.4 Å². The van der Waals surface area contributed by atoms with Gasteiger partial charge in [-0.15, -0.1) is 0 Å². The highest BCUT2D eigenvalue weighted by Gasteiger charge is 2.03. The van der Waals surface area contributed by atoms with Crippen LogP contribution in [0.25, 0.3) is 10.9 Å². The third-order valence-corrected chi connectivity index (χ3v) is 2.03. The lowest BCUT2D eigenvalue weighted by Gasteiger charge is -2.04. The molecule has 0 aliphatic heterocycles. The lowest BCUT2D eigenvalue weighted by Crippen LogP contribution is -1.91. The molecule has 1 aromatic carbocycles. The minimum atomic E-state index is 0.720. The Morgan fingerprint density at radius 3 is 2.71 bits per heavy atom. The molecule has 0 atom stereocenters. The van der Waals surface area contributed by atoms with Gasteiger partial charge in [-0.1, -0.05) is 0 Å². The second-order valence-electron chi connectivity index (χ2n) is 2.80. The molecule has 4 heteroatoms. The molecular formula is C10H10N2O2. The molecule has 0 N–H and O–H groups in total. The lowest BCUT2D eigenvalue weighted by atomic mass is 10.2. The molecule has 0 aliphatic carbocycles. The summed E-state index contributed by atoms with van der Waals surface area (Å²) in [5.41, 5.74) is 0.767. The van der Waals surface area contributed by atoms with E-state index in [1.54, 1.807) is 20.4 Å². The molecule has 0 amide bonds. The predicted molar refractivity (Wildman–Crippen MR) is 52.6 cm³/mol. The topological polar surface area (TPSA) is 44.2 Å². The second kappa shape index (κ2) is 3.49. The molecule has 1 aromatic heterocycles. The van der Waals surface area contributed by atoms with E-state index in [0.717, 1.165) is 22.4 Å². The Hall–Kier alpha value is -1.84. The fraction of sp³-hybridized carbons (Fsp3) is 0.200. The van der Waals surface area contributed by atoms with Crippen LogP contribution in [0.2, 0.25) is 0 Å². The number of benzene rings is 1. The Bertz CT molecular complexity index is 457. The number of fused-ring (bicyclic) bond motifs is 1. The van der Waals surface area contributed by atoms with Gasteiger partial charge in [-0.2, -0.15) is 10.2 Å². The van der Waals surface area contributed by atoms with Crippen molar-refractivity contribution in [1.29, 1.82) is 0 Å². The first kappa shape index (κ1) is 8.74. The predicted octanol–water partition coefficient (Wildman–Crippen LogP) is 1.65. The molecule has 72 valence electrons. The lowest BCUT2D eigenvalue weighted by molar-refractivity contribution is 0.413. The first-order chi connectivity index (χ1) is 6.85. The van der Waals surface area contributed by atoms with Gasteiger partial charge in [-0.25, -0.2) is 0 Å². The van der Waals surface area contributed by atoms with Crippen molar-refractivity contribution >= 4 is 10.9 Å². The van der Waals surface area contributed by atoms with E-state index >= 15 is 0 Å². The Balaban J connectivity index is 2.67. The molecule has 0 saturated carbocycles. The number of rotatable bonds is 2. The second-order valence-corrected chi connectivity index (χ2v) is 2.80. The van der Waals surface area contributed by atoms with Gasteiger partial charge in [0.1, 0.15) is 17.0 Å². The van der Waals surface area contributed by atoms with Gasteiger partial charge in [-0.05, 0) is 12.1 Å². The van der Waals surface area contributed by atoms with Crippen molar-refractivity contribution in [3.63, 3.8) is 0 Å². The summed E-state index contributed by atoms with van der Waals surface area (Å²) in [5.74, 6) is 1.48. The Kier molecular flexibility index (Phi) is 2.18. The largest absolute Gasteiger partial charge is 0.497 e. The van der Waals surface area contributed by atoms with E-state index in [1.807, 2.05) is 18.2 Å². The van der Waals surface area contributed by atoms with Gasteiger partial charge in [0.25, 0.3) is 0 Å². The minimum Gasteiger partial charge on any atom is -0.497 e. The monoisotopic (exact) mass is 190 g/mol. The number of aromatic nitrogens is 2. The quantitative estimate of drug-likeness (QED) is 0.722. The number of methoxy groups -OCH3 is 2. The summed E-state index contributed by atoms with van der Waals surface area (Å²) >= 11 is 0. The highest BCUT2D eigenvalue weighted by Crippen LogP contribution is 2.25. The summed E-state index contributed by atoms with van der Waals surface area (Å²) in [5, 5.41) is 8.75. The van der Waals surface area contributed by atoms with Gasteiger partial charge in [0, 0.05) is 11.5 Å². The van der Waals surface area contributed by atoms with Gasteiger partial charge >= 0.3 is 0 Å². The summed E-state index contributed by atoms with van der Waals surface area (Å²) in [4.78, 5) is 0. The van der Waals surface area contributed by atoms with Crippen molar-refractivity contribution in [2.24, 2.45) is 0 Å². The van der Waals surface area contributed by atoms with Crippen LogP contribution in [0.5, 0.6) is 11.5 Å². The molecule has 0 radical (unpaired) electrons. The molecule has 0 fully saturated rings. The summed E-state index contributed by atoms with van der Waals surface area (Å²) < 4.78 is 10.2. The van der Waals surface area contributed by atoms with Crippen LogP contribution < -0.4 is 9.47 Å². The zero-order chi connectivity index (χ0) is 9.97. The maximum absolute atomic E-state index is 5.16. The van der Waals surface area contributed by atoms with Crippen molar-refractivity contribution in [3.05, 3.63) is 24.4 Å². The van der Waals surface area contributed by atoms with Gasteiger partial charge < -0.3 is 9.47 Å². The van der Waals surface area contributed by atoms with E-state index in [-0.39, 0.29) is 0 Å². The van der Waals surface area contributed by atoms with E-state index in [0.29, 0.717) is 0 Å². The summed E-state index contributed by atoms with van der Waals surface area (Å²) in [7, 11) is 3.23. The Morgan fingerprint density at radius 2 is 2.00 bits per heavy atom. The van der Waals surface area contributed by atoms with Crippen molar-refractivity contribution < 1.29 is 9.47 Å². The number of hydrogen-bond acceptors (Lipinski definition) is 4. The molecule has 1 heterocycles. The van der Waals surface area contributed by atoms with Crippen LogP contribution in [0.1, 0.15) is 0 Å². The molecule has 0 spiro atoms. The fourth-order valence-corrected chi connectivity index (χ4v) is 1.31. The standard InChI is InChI=1S/C10H10N2O2/c1-13-7-3-4-8-9(5-7)12-11-6-10(8)14-2/h3-6H,1-2H3. The van der Waals surface area contributed by atoms with Gasteiger partial charge in [0.2, 0.25) is 0 Å². The van der Waals surface area contributed by atoms with Crippen molar-refractivity contribution in [2.75, 3.05) is 14.2 Å². The number of hydrogen-bond donors (Lipinski definition) is 0. The van der Waals surface area contributed by atoms with Crippen LogP contribution in [-0.2, 0) is 0 Å². The number of ether oxygens (including phenoxy) is 2. The van der Waals surface area contributed by atoms with E-state index in [4.69, 9.17) is 9.47 Å². The number of nitrogens with zero attached hydrogens (tertiary/aromatic N) is 2. The average Bonchev–Trinajstić information content (AvgIpc) is 2.27. The van der Waals surface area contributed by atoms with Crippen LogP contribution in [0, 0.1) is 0 Å². The van der Waals surface area contributed by atoms with Crippen LogP contribution in [-0.4, -0.2) is 24.4 Å². The third kappa shape index (κ3) is 1.35. The molecular weight excluding hydrogens is 180 g/mol. The van der Waals surface area contributed by atoms with Gasteiger partial charge in [-0.3, -0.25) is 0 Å². The van der Waals surface area contributed by atoms with Crippen molar-refractivity contribution in [2.45, 2.75) is 0 Å². The van der Waals surface area contributed by atoms with Crippen LogP contribution in [0.3, 0.4) is 0 Å². The molecule has 0 bridgehead atoms. The van der Waals surface area contributed by atoms with Gasteiger partial charge in [0.15, 0.2) is 0 Å². The highest BCUT2D eigenvalue weighted by molar-refractivity contribution is 5.85. The first-order valence-electron chi connectivity index (χ1n) is 4.18. The fourth-order valence-electron chi connectivity index (χ4n) is 1.31. The van der Waals surface area contributed by atoms with E-state index in [1.165, 1.54) is 0 Å². The smallest absolute Gasteiger partial charge is 0.148 e. The normalized spacial score (nSPS) is 10.1. The van der Waals surface area contributed by atoms with Crippen LogP contribution >= 0.6 is 0 Å². The summed E-state index contributed by atoms with van der Waals surface area (Å²) in [6, 6.07) is 5.60. The molecule has 2 aromatic rings. The van der Waals surface area contributed by atoms with E-state index in [9.17, 15) is 0 Å². The van der Waals surface area contributed by atoms with Crippen molar-refractivity contribution in [3.8, 4) is 11.5 Å². The SMILES string of the molecule is COc1ccc2c(OC)cnnc2c1.